The van der Waals surface area contributed by atoms with E-state index in [0.717, 1.165) is 0 Å². The van der Waals surface area contributed by atoms with E-state index in [1.165, 1.54) is 0 Å². The average Bonchev–Trinajstić information content (AvgIpc) is 2.58. The van der Waals surface area contributed by atoms with Crippen molar-refractivity contribution in [3.05, 3.63) is 0 Å². The third-order valence-electron chi connectivity index (χ3n) is 3.08. The van der Waals surface area contributed by atoms with Crippen molar-refractivity contribution in [1.82, 2.24) is 10.6 Å². The molecule has 18 heavy (non-hydrogen) atoms. The highest BCUT2D eigenvalue weighted by atomic mass is 16.4. The highest BCUT2D eigenvalue weighted by Gasteiger charge is 2.40. The van der Waals surface area contributed by atoms with Crippen molar-refractivity contribution in [3.8, 4) is 0 Å². The lowest BCUT2D eigenvalue weighted by Crippen LogP contribution is -2.55. The zero-order valence-corrected chi connectivity index (χ0v) is 10.4. The second-order valence-corrected chi connectivity index (χ2v) is 4.98. The van der Waals surface area contributed by atoms with Gasteiger partial charge in [0.2, 0.25) is 5.91 Å². The number of hydrogen-bond donors (Lipinski definition) is 4. The molecule has 0 aliphatic carbocycles. The zero-order chi connectivity index (χ0) is 13.9. The van der Waals surface area contributed by atoms with Crippen LogP contribution in [0.2, 0.25) is 0 Å². The molecule has 1 heterocycles. The maximum absolute atomic E-state index is 12.0. The van der Waals surface area contributed by atoms with Gasteiger partial charge in [-0.3, -0.25) is 9.59 Å². The van der Waals surface area contributed by atoms with E-state index in [1.54, 1.807) is 6.92 Å². The summed E-state index contributed by atoms with van der Waals surface area (Å²) in [6, 6.07) is -1.40. The molecule has 1 aliphatic heterocycles. The molecule has 3 atom stereocenters. The topological polar surface area (TPSA) is 116 Å². The summed E-state index contributed by atoms with van der Waals surface area (Å²) in [5.41, 5.74) is -0.828. The molecule has 0 aromatic heterocycles. The van der Waals surface area contributed by atoms with Gasteiger partial charge in [0.05, 0.1) is 12.0 Å². The molecule has 102 valence electrons. The second kappa shape index (κ2) is 5.34. The molecule has 1 aliphatic rings. The van der Waals surface area contributed by atoms with Crippen LogP contribution in [0.5, 0.6) is 0 Å². The van der Waals surface area contributed by atoms with E-state index in [9.17, 15) is 14.4 Å². The minimum Gasteiger partial charge on any atom is -0.481 e. The van der Waals surface area contributed by atoms with Gasteiger partial charge in [0.15, 0.2) is 0 Å². The summed E-state index contributed by atoms with van der Waals surface area (Å²) in [6.45, 7) is 4.35. The largest absolute Gasteiger partial charge is 0.481 e. The summed E-state index contributed by atoms with van der Waals surface area (Å²) in [4.78, 5) is 33.4. The molecular formula is C11H18N2O5. The highest BCUT2D eigenvalue weighted by Crippen LogP contribution is 2.23. The van der Waals surface area contributed by atoms with Crippen molar-refractivity contribution in [2.45, 2.75) is 38.3 Å². The predicted molar refractivity (Wildman–Crippen MR) is 62.0 cm³/mol. The normalized spacial score (nSPS) is 28.7. The van der Waals surface area contributed by atoms with Crippen LogP contribution in [0.4, 0.5) is 0 Å². The molecule has 1 unspecified atom stereocenters. The molecule has 7 nitrogen and oxygen atoms in total. The van der Waals surface area contributed by atoms with Crippen molar-refractivity contribution in [2.24, 2.45) is 5.92 Å². The monoisotopic (exact) mass is 258 g/mol. The number of nitrogens with one attached hydrogen (secondary N) is 2. The van der Waals surface area contributed by atoms with Gasteiger partial charge in [-0.05, 0) is 25.8 Å². The predicted octanol–water partition coefficient (Wildman–Crippen LogP) is -0.581. The van der Waals surface area contributed by atoms with Crippen molar-refractivity contribution < 1.29 is 24.6 Å². The van der Waals surface area contributed by atoms with Crippen LogP contribution in [0, 0.1) is 5.92 Å². The molecule has 0 saturated carbocycles. The quantitative estimate of drug-likeness (QED) is 0.524. The minimum absolute atomic E-state index is 0.323. The van der Waals surface area contributed by atoms with Crippen LogP contribution in [-0.2, 0) is 14.4 Å². The van der Waals surface area contributed by atoms with E-state index in [1.807, 2.05) is 6.92 Å². The maximum atomic E-state index is 12.0. The maximum Gasteiger partial charge on any atom is 0.326 e. The molecule has 1 fully saturated rings. The Kier molecular flexibility index (Phi) is 4.28. The number of carboxylic acids is 2. The SMILES string of the molecule is CC1CN[C@@](C)(C(=O)N[C@@H](CC(=O)O)C(=O)O)C1. The van der Waals surface area contributed by atoms with Gasteiger partial charge in [-0.1, -0.05) is 6.92 Å². The Morgan fingerprint density at radius 1 is 1.44 bits per heavy atom. The van der Waals surface area contributed by atoms with E-state index in [-0.39, 0.29) is 0 Å². The zero-order valence-electron chi connectivity index (χ0n) is 10.4. The first-order valence-corrected chi connectivity index (χ1v) is 5.75. The molecule has 1 rings (SSSR count). The Morgan fingerprint density at radius 2 is 2.06 bits per heavy atom. The van der Waals surface area contributed by atoms with Crippen LogP contribution >= 0.6 is 0 Å². The van der Waals surface area contributed by atoms with Crippen molar-refractivity contribution >= 4 is 17.8 Å². The molecule has 4 N–H and O–H groups in total. The number of aliphatic carboxylic acids is 2. The van der Waals surface area contributed by atoms with Gasteiger partial charge in [0, 0.05) is 0 Å². The molecule has 0 spiro atoms. The third kappa shape index (κ3) is 3.43. The Labute approximate surface area is 105 Å². The molecule has 0 radical (unpaired) electrons. The summed E-state index contributed by atoms with van der Waals surface area (Å²) in [5, 5.41) is 22.7. The van der Waals surface area contributed by atoms with Crippen molar-refractivity contribution in [2.75, 3.05) is 6.54 Å². The van der Waals surface area contributed by atoms with Crippen LogP contribution in [0.25, 0.3) is 0 Å². The minimum atomic E-state index is -1.40. The first-order chi connectivity index (χ1) is 8.24. The third-order valence-corrected chi connectivity index (χ3v) is 3.08. The van der Waals surface area contributed by atoms with Crippen LogP contribution in [0.1, 0.15) is 26.7 Å². The molecule has 7 heteroatoms. The van der Waals surface area contributed by atoms with Crippen LogP contribution in [0.3, 0.4) is 0 Å². The lowest BCUT2D eigenvalue weighted by atomic mass is 9.94. The number of carbonyl (C=O) groups is 3. The lowest BCUT2D eigenvalue weighted by Gasteiger charge is -2.25. The van der Waals surface area contributed by atoms with Crippen molar-refractivity contribution in [3.63, 3.8) is 0 Å². The standard InChI is InChI=1S/C11H18N2O5/c1-6-4-11(2,12-5-6)10(18)13-7(9(16)17)3-8(14)15/h6-7,12H,3-5H2,1-2H3,(H,13,18)(H,14,15)(H,16,17)/t6?,7-,11+/m0/s1. The van der Waals surface area contributed by atoms with Gasteiger partial charge in [0.1, 0.15) is 6.04 Å². The summed E-state index contributed by atoms with van der Waals surface area (Å²) in [5.74, 6) is -2.76. The fraction of sp³-hybridized carbons (Fsp3) is 0.727. The fourth-order valence-corrected chi connectivity index (χ4v) is 2.11. The Balaban J connectivity index is 2.67. The fourth-order valence-electron chi connectivity index (χ4n) is 2.11. The van der Waals surface area contributed by atoms with Gasteiger partial charge in [0.25, 0.3) is 0 Å². The smallest absolute Gasteiger partial charge is 0.326 e. The molecular weight excluding hydrogens is 240 g/mol. The van der Waals surface area contributed by atoms with Crippen LogP contribution in [-0.4, -0.2) is 46.2 Å². The van der Waals surface area contributed by atoms with Crippen LogP contribution < -0.4 is 10.6 Å². The van der Waals surface area contributed by atoms with E-state index < -0.39 is 35.8 Å². The Morgan fingerprint density at radius 3 is 2.44 bits per heavy atom. The van der Waals surface area contributed by atoms with Crippen molar-refractivity contribution in [1.29, 1.82) is 0 Å². The number of amides is 1. The summed E-state index contributed by atoms with van der Waals surface area (Å²) >= 11 is 0. The molecule has 0 bridgehead atoms. The van der Waals surface area contributed by atoms with E-state index in [4.69, 9.17) is 10.2 Å². The number of carboxylic acid groups (broad SMARTS) is 2. The summed E-state index contributed by atoms with van der Waals surface area (Å²) in [6.07, 6.45) is -0.0368. The summed E-state index contributed by atoms with van der Waals surface area (Å²) < 4.78 is 0. The number of hydrogen-bond acceptors (Lipinski definition) is 4. The van der Waals surface area contributed by atoms with Gasteiger partial charge in [-0.15, -0.1) is 0 Å². The van der Waals surface area contributed by atoms with Gasteiger partial charge < -0.3 is 20.8 Å². The number of carbonyl (C=O) groups excluding carboxylic acids is 1. The molecule has 1 amide bonds. The highest BCUT2D eigenvalue weighted by molar-refractivity contribution is 5.91. The van der Waals surface area contributed by atoms with Gasteiger partial charge >= 0.3 is 11.9 Å². The van der Waals surface area contributed by atoms with E-state index in [0.29, 0.717) is 18.9 Å². The Bertz CT molecular complexity index is 370. The van der Waals surface area contributed by atoms with E-state index >= 15 is 0 Å². The Hall–Kier alpha value is -1.63. The first kappa shape index (κ1) is 14.4. The lowest BCUT2D eigenvalue weighted by molar-refractivity contribution is -0.147. The van der Waals surface area contributed by atoms with E-state index in [2.05, 4.69) is 10.6 Å². The molecule has 0 aromatic carbocycles. The first-order valence-electron chi connectivity index (χ1n) is 5.75. The van der Waals surface area contributed by atoms with Gasteiger partial charge in [-0.2, -0.15) is 0 Å². The molecule has 1 saturated heterocycles. The number of rotatable bonds is 5. The molecule has 0 aromatic rings. The van der Waals surface area contributed by atoms with Gasteiger partial charge in [-0.25, -0.2) is 4.79 Å². The van der Waals surface area contributed by atoms with Crippen LogP contribution in [0.15, 0.2) is 0 Å². The average molecular weight is 258 g/mol. The second-order valence-electron chi connectivity index (χ2n) is 4.98. The summed E-state index contributed by atoms with van der Waals surface area (Å²) in [7, 11) is 0.